The van der Waals surface area contributed by atoms with E-state index in [9.17, 15) is 0 Å². The van der Waals surface area contributed by atoms with Crippen LogP contribution in [0.2, 0.25) is 13.1 Å². The lowest BCUT2D eigenvalue weighted by atomic mass is 9.93. The monoisotopic (exact) mass is 411 g/mol. The molecule has 4 aromatic rings. The largest absolute Gasteiger partial charge is 0.266 e. The van der Waals surface area contributed by atoms with Crippen LogP contribution in [-0.4, -0.2) is 13.1 Å². The van der Waals surface area contributed by atoms with Gasteiger partial charge in [-0.15, -0.1) is 0 Å². The first-order valence-corrected chi connectivity index (χ1v) is 13.8. The molecule has 152 valence electrons. The Hall–Kier alpha value is -2.78. The molecule has 2 aromatic carbocycles. The second kappa shape index (κ2) is 7.80. The van der Waals surface area contributed by atoms with E-state index in [2.05, 4.69) is 105 Å². The van der Waals surface area contributed by atoms with Gasteiger partial charge in [-0.05, 0) is 66.6 Å². The second-order valence-electron chi connectivity index (χ2n) is 8.86. The number of fused-ring (bicyclic) bond motifs is 1. The predicted molar refractivity (Wildman–Crippen MR) is 130 cm³/mol. The van der Waals surface area contributed by atoms with Crippen molar-refractivity contribution >= 4 is 29.4 Å². The molecule has 0 unspecified atom stereocenters. The van der Waals surface area contributed by atoms with E-state index in [1.54, 1.807) is 0 Å². The zero-order valence-electron chi connectivity index (χ0n) is 19.0. The number of aryl methyl sites for hydroxylation is 3. The average Bonchev–Trinajstić information content (AvgIpc) is 2.76. The molecule has 0 aliphatic heterocycles. The summed E-state index contributed by atoms with van der Waals surface area (Å²) in [4.78, 5) is 4.68. The van der Waals surface area contributed by atoms with E-state index >= 15 is 0 Å². The van der Waals surface area contributed by atoms with E-state index < -0.39 is 8.07 Å². The van der Waals surface area contributed by atoms with Gasteiger partial charge in [0, 0.05) is 17.6 Å². The van der Waals surface area contributed by atoms with E-state index in [0.29, 0.717) is 0 Å². The van der Waals surface area contributed by atoms with Crippen molar-refractivity contribution in [2.24, 2.45) is 7.05 Å². The third kappa shape index (κ3) is 3.48. The second-order valence-corrected chi connectivity index (χ2v) is 13.2. The first kappa shape index (κ1) is 20.5. The molecular formula is C27H31N2Si+. The third-order valence-corrected chi connectivity index (χ3v) is 9.89. The van der Waals surface area contributed by atoms with Gasteiger partial charge in [-0.1, -0.05) is 49.5 Å². The minimum Gasteiger partial charge on any atom is -0.266 e. The van der Waals surface area contributed by atoms with Crippen molar-refractivity contribution in [3.63, 3.8) is 0 Å². The van der Waals surface area contributed by atoms with Gasteiger partial charge in [-0.2, -0.15) is 0 Å². The molecule has 0 saturated heterocycles. The Morgan fingerprint density at radius 1 is 0.967 bits per heavy atom. The summed E-state index contributed by atoms with van der Waals surface area (Å²) in [6, 6.07) is 20.3. The van der Waals surface area contributed by atoms with E-state index in [1.807, 2.05) is 12.3 Å². The number of hydrogen-bond donors (Lipinski definition) is 0. The number of nitrogens with zero attached hydrogens (tertiary/aromatic N) is 2. The third-order valence-electron chi connectivity index (χ3n) is 6.55. The molecule has 2 aromatic heterocycles. The summed E-state index contributed by atoms with van der Waals surface area (Å²) in [5.41, 5.74) is 6.76. The van der Waals surface area contributed by atoms with Gasteiger partial charge >= 0.3 is 0 Å². The van der Waals surface area contributed by atoms with Crippen LogP contribution in [0.1, 0.15) is 23.6 Å². The first-order chi connectivity index (χ1) is 14.3. The molecule has 0 N–H and O–H groups in total. The standard InChI is InChI=1S/C27H31N2Si/c1-7-21-16-19(2)20(3)25(17-21)27-24-12-11-23(18-22(24)13-15-29(27)4)30(5,6)26-10-8-9-14-28-26/h8-18H,7H2,1-6H3/q+1. The molecule has 0 bridgehead atoms. The molecule has 4 rings (SSSR count). The summed E-state index contributed by atoms with van der Waals surface area (Å²) in [6.07, 6.45) is 5.16. The summed E-state index contributed by atoms with van der Waals surface area (Å²) in [6.45, 7) is 11.5. The smallest absolute Gasteiger partial charge is 0.220 e. The van der Waals surface area contributed by atoms with Gasteiger partial charge in [0.1, 0.15) is 15.1 Å². The van der Waals surface area contributed by atoms with E-state index in [4.69, 9.17) is 0 Å². The fraction of sp³-hybridized carbons (Fsp3) is 0.259. The van der Waals surface area contributed by atoms with Gasteiger partial charge in [0.15, 0.2) is 6.20 Å². The van der Waals surface area contributed by atoms with Gasteiger partial charge in [0.2, 0.25) is 5.69 Å². The Labute approximate surface area is 181 Å². The molecule has 2 heterocycles. The van der Waals surface area contributed by atoms with E-state index in [-0.39, 0.29) is 0 Å². The lowest BCUT2D eigenvalue weighted by Gasteiger charge is -2.23. The van der Waals surface area contributed by atoms with Gasteiger partial charge in [-0.3, -0.25) is 4.98 Å². The van der Waals surface area contributed by atoms with Crippen LogP contribution in [0.4, 0.5) is 0 Å². The molecule has 30 heavy (non-hydrogen) atoms. The summed E-state index contributed by atoms with van der Waals surface area (Å²) in [5, 5.41) is 5.26. The molecule has 0 spiro atoms. The Morgan fingerprint density at radius 3 is 2.47 bits per heavy atom. The summed E-state index contributed by atoms with van der Waals surface area (Å²) >= 11 is 0. The quantitative estimate of drug-likeness (QED) is 0.350. The van der Waals surface area contributed by atoms with Crippen LogP contribution >= 0.6 is 0 Å². The molecule has 0 aliphatic rings. The number of rotatable bonds is 4. The minimum atomic E-state index is -1.84. The van der Waals surface area contributed by atoms with Crippen LogP contribution < -0.4 is 15.1 Å². The molecule has 0 aliphatic carbocycles. The molecule has 3 heteroatoms. The van der Waals surface area contributed by atoms with E-state index in [0.717, 1.165) is 6.42 Å². The van der Waals surface area contributed by atoms with E-state index in [1.165, 1.54) is 49.2 Å². The number of benzene rings is 2. The maximum Gasteiger partial charge on any atom is 0.220 e. The molecule has 0 saturated carbocycles. The van der Waals surface area contributed by atoms with Gasteiger partial charge < -0.3 is 0 Å². The van der Waals surface area contributed by atoms with Crippen molar-refractivity contribution in [2.45, 2.75) is 40.3 Å². The maximum atomic E-state index is 4.68. The highest BCUT2D eigenvalue weighted by Gasteiger charge is 2.28. The average molecular weight is 412 g/mol. The number of hydrogen-bond acceptors (Lipinski definition) is 1. The van der Waals surface area contributed by atoms with Crippen LogP contribution in [0, 0.1) is 13.8 Å². The lowest BCUT2D eigenvalue weighted by molar-refractivity contribution is -0.659. The number of pyridine rings is 2. The Morgan fingerprint density at radius 2 is 1.77 bits per heavy atom. The zero-order valence-corrected chi connectivity index (χ0v) is 20.0. The van der Waals surface area contributed by atoms with Crippen molar-refractivity contribution in [3.8, 4) is 11.3 Å². The van der Waals surface area contributed by atoms with Crippen LogP contribution in [0.15, 0.2) is 67.0 Å². The maximum absolute atomic E-state index is 4.68. The molecule has 0 radical (unpaired) electrons. The van der Waals surface area contributed by atoms with Crippen molar-refractivity contribution in [2.75, 3.05) is 0 Å². The summed E-state index contributed by atoms with van der Waals surface area (Å²) in [7, 11) is 0.320. The molecule has 0 amide bonds. The van der Waals surface area contributed by atoms with Crippen LogP contribution in [0.5, 0.6) is 0 Å². The highest BCUT2D eigenvalue weighted by Crippen LogP contribution is 2.30. The van der Waals surface area contributed by atoms with Crippen molar-refractivity contribution in [3.05, 3.63) is 83.7 Å². The SMILES string of the molecule is CCc1cc(C)c(C)c(-c2c3ccc([Si](C)(C)c4ccccn4)cc3cc[n+]2C)c1. The van der Waals surface area contributed by atoms with Crippen molar-refractivity contribution in [1.82, 2.24) is 4.98 Å². The predicted octanol–water partition coefficient (Wildman–Crippen LogP) is 4.73. The fourth-order valence-electron chi connectivity index (χ4n) is 4.36. The molecule has 0 fully saturated rings. The Bertz CT molecular complexity index is 1230. The normalized spacial score (nSPS) is 11.8. The lowest BCUT2D eigenvalue weighted by Crippen LogP contribution is -2.54. The zero-order chi connectivity index (χ0) is 21.5. The minimum absolute atomic E-state index is 1.05. The topological polar surface area (TPSA) is 16.8 Å². The molecular weight excluding hydrogens is 380 g/mol. The first-order valence-electron chi connectivity index (χ1n) is 10.8. The van der Waals surface area contributed by atoms with Gasteiger partial charge in [0.05, 0.1) is 10.9 Å². The van der Waals surface area contributed by atoms with Crippen molar-refractivity contribution in [1.29, 1.82) is 0 Å². The van der Waals surface area contributed by atoms with Crippen LogP contribution in [0.25, 0.3) is 22.0 Å². The molecule has 0 atom stereocenters. The summed E-state index contributed by atoms with van der Waals surface area (Å²) < 4.78 is 2.27. The van der Waals surface area contributed by atoms with Crippen molar-refractivity contribution < 1.29 is 4.57 Å². The van der Waals surface area contributed by atoms with Gasteiger partial charge in [0.25, 0.3) is 0 Å². The highest BCUT2D eigenvalue weighted by atomic mass is 28.3. The Kier molecular flexibility index (Phi) is 5.33. The van der Waals surface area contributed by atoms with Gasteiger partial charge in [-0.25, -0.2) is 4.57 Å². The van der Waals surface area contributed by atoms with Crippen LogP contribution in [0.3, 0.4) is 0 Å². The number of aromatic nitrogens is 2. The summed E-state index contributed by atoms with van der Waals surface area (Å²) in [5.74, 6) is 0. The Balaban J connectivity index is 1.93. The van der Waals surface area contributed by atoms with Crippen LogP contribution in [-0.2, 0) is 13.5 Å². The highest BCUT2D eigenvalue weighted by molar-refractivity contribution is 7.00. The molecule has 2 nitrogen and oxygen atoms in total. The fourth-order valence-corrected chi connectivity index (χ4v) is 6.58.